The summed E-state index contributed by atoms with van der Waals surface area (Å²) in [5.74, 6) is -1.03. The van der Waals surface area contributed by atoms with Gasteiger partial charge in [0.15, 0.2) is 0 Å². The van der Waals surface area contributed by atoms with E-state index in [1.807, 2.05) is 19.9 Å². The number of hydrogen-bond acceptors (Lipinski definition) is 6. The molecule has 2 heterocycles. The zero-order valence-electron chi connectivity index (χ0n) is 12.9. The van der Waals surface area contributed by atoms with E-state index < -0.39 is 11.9 Å². The van der Waals surface area contributed by atoms with Crippen molar-refractivity contribution in [2.75, 3.05) is 18.5 Å². The van der Waals surface area contributed by atoms with Gasteiger partial charge in [-0.05, 0) is 37.9 Å². The molecule has 1 N–H and O–H groups in total. The molecule has 0 aliphatic carbocycles. The van der Waals surface area contributed by atoms with E-state index in [-0.39, 0.29) is 18.0 Å². The van der Waals surface area contributed by atoms with Crippen molar-refractivity contribution in [1.29, 1.82) is 0 Å². The van der Waals surface area contributed by atoms with Crippen LogP contribution in [0, 0.1) is 13.8 Å². The third-order valence-electron chi connectivity index (χ3n) is 2.99. The minimum Gasteiger partial charge on any atom is -0.462 e. The Hall–Kier alpha value is -2.64. The van der Waals surface area contributed by atoms with Gasteiger partial charge in [0.2, 0.25) is 5.91 Å². The van der Waals surface area contributed by atoms with Crippen molar-refractivity contribution in [3.05, 3.63) is 32.6 Å². The molecule has 0 atom stereocenters. The van der Waals surface area contributed by atoms with Crippen LogP contribution in [0.3, 0.4) is 0 Å². The third kappa shape index (κ3) is 3.58. The first-order valence-electron chi connectivity index (χ1n) is 6.86. The van der Waals surface area contributed by atoms with Crippen LogP contribution in [-0.2, 0) is 9.53 Å². The summed E-state index contributed by atoms with van der Waals surface area (Å²) in [6.07, 6.45) is 0. The van der Waals surface area contributed by atoms with Crippen molar-refractivity contribution in [2.45, 2.75) is 20.8 Å². The molecule has 0 aliphatic rings. The van der Waals surface area contributed by atoms with Crippen LogP contribution in [0.1, 0.15) is 27.9 Å². The first-order chi connectivity index (χ1) is 11.0. The standard InChI is InChI=1S/C14H15N5O3S/c1-4-22-14(21)12-11(18-9(20)6-16-19-15)10-7(2)5-8(3)17-13(10)23-12/h5H,4,6H2,1-3H3,(H,18,20). The second-order valence-corrected chi connectivity index (χ2v) is 5.72. The Bertz CT molecular complexity index is 823. The molecule has 0 spiro atoms. The number of pyridine rings is 1. The quantitative estimate of drug-likeness (QED) is 0.391. The van der Waals surface area contributed by atoms with Gasteiger partial charge in [-0.15, -0.1) is 11.3 Å². The summed E-state index contributed by atoms with van der Waals surface area (Å²) in [4.78, 5) is 31.9. The van der Waals surface area contributed by atoms with Crippen LogP contribution in [0.5, 0.6) is 0 Å². The summed E-state index contributed by atoms with van der Waals surface area (Å²) in [5, 5.41) is 6.55. The predicted octanol–water partition coefficient (Wildman–Crippen LogP) is 3.34. The molecular weight excluding hydrogens is 318 g/mol. The molecule has 120 valence electrons. The van der Waals surface area contributed by atoms with E-state index in [9.17, 15) is 9.59 Å². The number of nitrogens with one attached hydrogen (secondary N) is 1. The van der Waals surface area contributed by atoms with Crippen molar-refractivity contribution in [2.24, 2.45) is 5.11 Å². The fourth-order valence-electron chi connectivity index (χ4n) is 2.18. The van der Waals surface area contributed by atoms with Gasteiger partial charge >= 0.3 is 5.97 Å². The third-order valence-corrected chi connectivity index (χ3v) is 4.05. The van der Waals surface area contributed by atoms with Gasteiger partial charge in [-0.3, -0.25) is 4.79 Å². The van der Waals surface area contributed by atoms with Crippen molar-refractivity contribution >= 4 is 39.1 Å². The molecule has 2 aromatic heterocycles. The van der Waals surface area contributed by atoms with Crippen LogP contribution in [-0.4, -0.2) is 30.0 Å². The van der Waals surface area contributed by atoms with Crippen molar-refractivity contribution in [3.63, 3.8) is 0 Å². The zero-order chi connectivity index (χ0) is 17.0. The normalized spacial score (nSPS) is 10.2. The molecule has 8 nitrogen and oxygen atoms in total. The highest BCUT2D eigenvalue weighted by Crippen LogP contribution is 2.37. The van der Waals surface area contributed by atoms with Crippen LogP contribution >= 0.6 is 11.3 Å². The van der Waals surface area contributed by atoms with Gasteiger partial charge in [0, 0.05) is 16.0 Å². The molecule has 2 aromatic rings. The Kier molecular flexibility index (Phi) is 5.15. The monoisotopic (exact) mass is 333 g/mol. The SMILES string of the molecule is CCOC(=O)c1sc2nc(C)cc(C)c2c1NC(=O)CN=[N+]=[N-]. The summed E-state index contributed by atoms with van der Waals surface area (Å²) in [6.45, 7) is 5.32. The van der Waals surface area contributed by atoms with Crippen LogP contribution in [0.4, 0.5) is 5.69 Å². The minimum atomic E-state index is -0.522. The second-order valence-electron chi connectivity index (χ2n) is 4.72. The lowest BCUT2D eigenvalue weighted by Crippen LogP contribution is -2.16. The summed E-state index contributed by atoms with van der Waals surface area (Å²) in [7, 11) is 0. The predicted molar refractivity (Wildman–Crippen MR) is 87.7 cm³/mol. The van der Waals surface area contributed by atoms with Gasteiger partial charge in [0.25, 0.3) is 0 Å². The van der Waals surface area contributed by atoms with Crippen molar-refractivity contribution in [3.8, 4) is 0 Å². The maximum Gasteiger partial charge on any atom is 0.350 e. The van der Waals surface area contributed by atoms with E-state index in [2.05, 4.69) is 20.3 Å². The number of nitrogens with zero attached hydrogens (tertiary/aromatic N) is 4. The molecule has 1 amide bonds. The van der Waals surface area contributed by atoms with Gasteiger partial charge < -0.3 is 10.1 Å². The highest BCUT2D eigenvalue weighted by atomic mass is 32.1. The Morgan fingerprint density at radius 3 is 2.87 bits per heavy atom. The van der Waals surface area contributed by atoms with E-state index in [4.69, 9.17) is 10.3 Å². The first kappa shape index (κ1) is 16.7. The van der Waals surface area contributed by atoms with Crippen molar-refractivity contribution in [1.82, 2.24) is 4.98 Å². The molecule has 2 rings (SSSR count). The lowest BCUT2D eigenvalue weighted by Gasteiger charge is -2.07. The molecule has 9 heteroatoms. The number of amides is 1. The van der Waals surface area contributed by atoms with Crippen LogP contribution in [0.2, 0.25) is 0 Å². The average Bonchev–Trinajstić information content (AvgIpc) is 2.84. The number of carbonyl (C=O) groups excluding carboxylic acids is 2. The van der Waals surface area contributed by atoms with Crippen LogP contribution < -0.4 is 5.32 Å². The Labute approximate surface area is 136 Å². The number of aryl methyl sites for hydroxylation is 2. The van der Waals surface area contributed by atoms with Gasteiger partial charge in [0.1, 0.15) is 16.3 Å². The molecule has 0 unspecified atom stereocenters. The summed E-state index contributed by atoms with van der Waals surface area (Å²) in [6, 6.07) is 1.87. The lowest BCUT2D eigenvalue weighted by atomic mass is 10.1. The molecular formula is C14H15N5O3S. The van der Waals surface area contributed by atoms with E-state index in [0.29, 0.717) is 15.9 Å². The molecule has 23 heavy (non-hydrogen) atoms. The number of rotatable bonds is 5. The summed E-state index contributed by atoms with van der Waals surface area (Å²) in [5.41, 5.74) is 10.4. The Morgan fingerprint density at radius 1 is 1.48 bits per heavy atom. The average molecular weight is 333 g/mol. The van der Waals surface area contributed by atoms with E-state index in [1.165, 1.54) is 0 Å². The number of hydrogen-bond donors (Lipinski definition) is 1. The van der Waals surface area contributed by atoms with E-state index in [0.717, 1.165) is 22.6 Å². The zero-order valence-corrected chi connectivity index (χ0v) is 13.7. The van der Waals surface area contributed by atoms with Gasteiger partial charge in [0.05, 0.1) is 12.3 Å². The fourth-order valence-corrected chi connectivity index (χ4v) is 3.32. The molecule has 0 fully saturated rings. The largest absolute Gasteiger partial charge is 0.462 e. The number of aromatic nitrogens is 1. The maximum atomic E-state index is 12.2. The smallest absolute Gasteiger partial charge is 0.350 e. The Balaban J connectivity index is 2.57. The van der Waals surface area contributed by atoms with Crippen molar-refractivity contribution < 1.29 is 14.3 Å². The number of azide groups is 1. The molecule has 0 saturated carbocycles. The molecule has 0 saturated heterocycles. The number of thiophene rings is 1. The number of ether oxygens (including phenoxy) is 1. The summed E-state index contributed by atoms with van der Waals surface area (Å²) < 4.78 is 5.04. The van der Waals surface area contributed by atoms with Gasteiger partial charge in [-0.2, -0.15) is 0 Å². The molecule has 0 radical (unpaired) electrons. The molecule has 0 aromatic carbocycles. The van der Waals surface area contributed by atoms with E-state index in [1.54, 1.807) is 6.92 Å². The second kappa shape index (κ2) is 7.08. The topological polar surface area (TPSA) is 117 Å². The highest BCUT2D eigenvalue weighted by molar-refractivity contribution is 7.21. The summed E-state index contributed by atoms with van der Waals surface area (Å²) >= 11 is 1.16. The highest BCUT2D eigenvalue weighted by Gasteiger charge is 2.23. The number of anilines is 1. The fraction of sp³-hybridized carbons (Fsp3) is 0.357. The molecule has 0 aliphatic heterocycles. The number of carbonyl (C=O) groups is 2. The minimum absolute atomic E-state index is 0.227. The van der Waals surface area contributed by atoms with Crippen LogP contribution in [0.25, 0.3) is 20.7 Å². The van der Waals surface area contributed by atoms with Gasteiger partial charge in [-0.25, -0.2) is 9.78 Å². The van der Waals surface area contributed by atoms with Crippen LogP contribution in [0.15, 0.2) is 11.2 Å². The van der Waals surface area contributed by atoms with Gasteiger partial charge in [-0.1, -0.05) is 5.11 Å². The molecule has 0 bridgehead atoms. The number of fused-ring (bicyclic) bond motifs is 1. The number of esters is 1. The first-order valence-corrected chi connectivity index (χ1v) is 7.68. The maximum absolute atomic E-state index is 12.2. The lowest BCUT2D eigenvalue weighted by molar-refractivity contribution is -0.114. The van der Waals surface area contributed by atoms with E-state index >= 15 is 0 Å². The Morgan fingerprint density at radius 2 is 2.22 bits per heavy atom.